The Bertz CT molecular complexity index is 1280. The molecule has 174 valence electrons. The van der Waals surface area contributed by atoms with Gasteiger partial charge in [-0.1, -0.05) is 63.9 Å². The molecule has 2 aliphatic carbocycles. The van der Waals surface area contributed by atoms with E-state index in [1.165, 1.54) is 0 Å². The number of hydrogen-bond acceptors (Lipinski definition) is 4. The number of carbonyl (C=O) groups excluding carboxylic acids is 2. The normalized spacial score (nSPS) is 21.6. The fraction of sp³-hybridized carbons (Fsp3) is 0.400. The molecule has 4 heteroatoms. The molecule has 34 heavy (non-hydrogen) atoms. The third kappa shape index (κ3) is 3.74. The number of carbonyl (C=O) groups is 2. The molecule has 1 heterocycles. The highest BCUT2D eigenvalue weighted by molar-refractivity contribution is 6.08. The number of Topliss-reactive ketones (excluding diaryl/α,β-unsaturated/α-hetero) is 2. The van der Waals surface area contributed by atoms with E-state index < -0.39 is 5.92 Å². The number of ether oxygens (including phenoxy) is 2. The molecule has 0 fully saturated rings. The Balaban J connectivity index is 1.82. The molecule has 0 saturated heterocycles. The number of fused-ring (bicyclic) bond motifs is 1. The third-order valence-electron chi connectivity index (χ3n) is 7.11. The van der Waals surface area contributed by atoms with Gasteiger partial charge in [0.25, 0.3) is 0 Å². The minimum atomic E-state index is -0.523. The lowest BCUT2D eigenvalue weighted by Gasteiger charge is -2.43. The van der Waals surface area contributed by atoms with E-state index >= 15 is 0 Å². The van der Waals surface area contributed by atoms with Gasteiger partial charge in [0.05, 0.1) is 5.92 Å². The van der Waals surface area contributed by atoms with Gasteiger partial charge in [0, 0.05) is 42.4 Å². The van der Waals surface area contributed by atoms with Crippen molar-refractivity contribution in [2.24, 2.45) is 10.8 Å². The maximum Gasteiger partial charge on any atom is 0.163 e. The Hall–Kier alpha value is -3.32. The Morgan fingerprint density at radius 3 is 2.09 bits per heavy atom. The zero-order valence-corrected chi connectivity index (χ0v) is 20.3. The van der Waals surface area contributed by atoms with Crippen molar-refractivity contribution in [1.29, 1.82) is 0 Å². The topological polar surface area (TPSA) is 52.6 Å². The average Bonchev–Trinajstić information content (AvgIpc) is 2.74. The van der Waals surface area contributed by atoms with Crippen LogP contribution >= 0.6 is 0 Å². The van der Waals surface area contributed by atoms with Gasteiger partial charge in [0.15, 0.2) is 11.6 Å². The van der Waals surface area contributed by atoms with Crippen LogP contribution in [-0.2, 0) is 14.3 Å². The maximum atomic E-state index is 13.7. The van der Waals surface area contributed by atoms with Crippen molar-refractivity contribution in [3.63, 3.8) is 0 Å². The quantitative estimate of drug-likeness (QED) is 0.514. The van der Waals surface area contributed by atoms with E-state index in [1.54, 1.807) is 0 Å². The van der Waals surface area contributed by atoms with Crippen LogP contribution in [0.25, 0.3) is 10.8 Å². The van der Waals surface area contributed by atoms with E-state index in [1.807, 2.05) is 36.4 Å². The lowest BCUT2D eigenvalue weighted by Crippen LogP contribution is -2.37. The summed E-state index contributed by atoms with van der Waals surface area (Å²) in [5.74, 6) is 4.10. The Labute approximate surface area is 201 Å². The van der Waals surface area contributed by atoms with Gasteiger partial charge < -0.3 is 9.47 Å². The largest absolute Gasteiger partial charge is 0.481 e. The van der Waals surface area contributed by atoms with Gasteiger partial charge in [0.1, 0.15) is 23.9 Å². The van der Waals surface area contributed by atoms with Gasteiger partial charge >= 0.3 is 0 Å². The van der Waals surface area contributed by atoms with Gasteiger partial charge in [-0.2, -0.15) is 0 Å². The van der Waals surface area contributed by atoms with Crippen molar-refractivity contribution in [3.05, 3.63) is 64.6 Å². The Morgan fingerprint density at radius 2 is 1.50 bits per heavy atom. The van der Waals surface area contributed by atoms with Crippen LogP contribution in [0.15, 0.2) is 59.1 Å². The fourth-order valence-electron chi connectivity index (χ4n) is 5.78. The standard InChI is InChI=1S/C30H30O4/c1-6-13-33-22-12-11-18-9-7-8-10-19(18)25(22)28-26-20(31)14-29(2,3)16-23(26)34-24-17-30(4,5)15-21(32)27(24)28/h1,7-12,28H,13-17H2,2-5H3. The van der Waals surface area contributed by atoms with Crippen LogP contribution in [0.3, 0.4) is 0 Å². The maximum absolute atomic E-state index is 13.7. The zero-order valence-electron chi connectivity index (χ0n) is 20.3. The number of ketones is 2. The Morgan fingerprint density at radius 1 is 0.912 bits per heavy atom. The van der Waals surface area contributed by atoms with Crippen LogP contribution in [0.5, 0.6) is 5.75 Å². The van der Waals surface area contributed by atoms with E-state index in [-0.39, 0.29) is 29.0 Å². The van der Waals surface area contributed by atoms with Crippen molar-refractivity contribution < 1.29 is 19.1 Å². The monoisotopic (exact) mass is 454 g/mol. The first-order valence-corrected chi connectivity index (χ1v) is 11.9. The lowest BCUT2D eigenvalue weighted by atomic mass is 9.65. The number of hydrogen-bond donors (Lipinski definition) is 0. The highest BCUT2D eigenvalue weighted by Gasteiger charge is 2.48. The second kappa shape index (κ2) is 7.87. The summed E-state index contributed by atoms with van der Waals surface area (Å²) in [5.41, 5.74) is 1.64. The number of benzene rings is 2. The second-order valence-electron chi connectivity index (χ2n) is 11.3. The van der Waals surface area contributed by atoms with Gasteiger partial charge in [-0.05, 0) is 27.7 Å². The molecule has 2 aromatic carbocycles. The summed E-state index contributed by atoms with van der Waals surface area (Å²) in [6.45, 7) is 8.46. The summed E-state index contributed by atoms with van der Waals surface area (Å²) < 4.78 is 12.5. The smallest absolute Gasteiger partial charge is 0.163 e. The van der Waals surface area contributed by atoms with Crippen molar-refractivity contribution in [2.45, 2.75) is 59.3 Å². The first kappa shape index (κ1) is 22.5. The molecular formula is C30H30O4. The van der Waals surface area contributed by atoms with E-state index in [9.17, 15) is 9.59 Å². The summed E-state index contributed by atoms with van der Waals surface area (Å²) in [6, 6.07) is 11.9. The highest BCUT2D eigenvalue weighted by atomic mass is 16.5. The third-order valence-corrected chi connectivity index (χ3v) is 7.11. The first-order valence-electron chi connectivity index (χ1n) is 11.9. The first-order chi connectivity index (χ1) is 16.1. The van der Waals surface area contributed by atoms with Crippen LogP contribution in [-0.4, -0.2) is 18.2 Å². The molecular weight excluding hydrogens is 424 g/mol. The summed E-state index contributed by atoms with van der Waals surface area (Å²) in [5, 5.41) is 1.98. The Kier molecular flexibility index (Phi) is 5.20. The van der Waals surface area contributed by atoms with Crippen molar-refractivity contribution in [3.8, 4) is 18.1 Å². The van der Waals surface area contributed by atoms with Crippen molar-refractivity contribution >= 4 is 22.3 Å². The molecule has 0 N–H and O–H groups in total. The highest BCUT2D eigenvalue weighted by Crippen LogP contribution is 2.55. The second-order valence-corrected chi connectivity index (χ2v) is 11.3. The molecule has 4 nitrogen and oxygen atoms in total. The molecule has 0 saturated carbocycles. The van der Waals surface area contributed by atoms with Crippen LogP contribution < -0.4 is 4.74 Å². The molecule has 0 unspecified atom stereocenters. The van der Waals surface area contributed by atoms with E-state index in [4.69, 9.17) is 15.9 Å². The summed E-state index contributed by atoms with van der Waals surface area (Å²) in [7, 11) is 0. The number of allylic oxidation sites excluding steroid dienone is 4. The summed E-state index contributed by atoms with van der Waals surface area (Å²) in [6.07, 6.45) is 7.65. The molecule has 2 aromatic rings. The number of rotatable bonds is 3. The van der Waals surface area contributed by atoms with Gasteiger partial charge in [-0.15, -0.1) is 6.42 Å². The molecule has 0 atom stereocenters. The van der Waals surface area contributed by atoms with Gasteiger partial charge in [-0.3, -0.25) is 9.59 Å². The summed E-state index contributed by atoms with van der Waals surface area (Å²) >= 11 is 0. The fourth-order valence-corrected chi connectivity index (χ4v) is 5.78. The minimum absolute atomic E-state index is 0.0382. The van der Waals surface area contributed by atoms with Crippen LogP contribution in [0, 0.1) is 23.2 Å². The van der Waals surface area contributed by atoms with E-state index in [0.717, 1.165) is 16.3 Å². The number of terminal acetylenes is 1. The molecule has 0 bridgehead atoms. The van der Waals surface area contributed by atoms with E-state index in [2.05, 4.69) is 33.6 Å². The van der Waals surface area contributed by atoms with Crippen LogP contribution in [0.1, 0.15) is 64.9 Å². The average molecular weight is 455 g/mol. The van der Waals surface area contributed by atoms with Crippen molar-refractivity contribution in [2.75, 3.05) is 6.61 Å². The minimum Gasteiger partial charge on any atom is -0.481 e. The summed E-state index contributed by atoms with van der Waals surface area (Å²) in [4.78, 5) is 27.3. The predicted molar refractivity (Wildman–Crippen MR) is 132 cm³/mol. The molecule has 0 amide bonds. The van der Waals surface area contributed by atoms with Gasteiger partial charge in [0.2, 0.25) is 0 Å². The predicted octanol–water partition coefficient (Wildman–Crippen LogP) is 6.25. The molecule has 0 spiro atoms. The molecule has 0 aromatic heterocycles. The van der Waals surface area contributed by atoms with Gasteiger partial charge in [-0.25, -0.2) is 0 Å². The van der Waals surface area contributed by atoms with E-state index in [0.29, 0.717) is 54.1 Å². The molecule has 1 aliphatic heterocycles. The zero-order chi connectivity index (χ0) is 24.3. The van der Waals surface area contributed by atoms with Crippen LogP contribution in [0.4, 0.5) is 0 Å². The van der Waals surface area contributed by atoms with Crippen LogP contribution in [0.2, 0.25) is 0 Å². The molecule has 0 radical (unpaired) electrons. The lowest BCUT2D eigenvalue weighted by molar-refractivity contribution is -0.120. The molecule has 5 rings (SSSR count). The van der Waals surface area contributed by atoms with Crippen molar-refractivity contribution in [1.82, 2.24) is 0 Å². The SMILES string of the molecule is C#CCOc1ccc2ccccc2c1C1C2=C(CC(C)(C)CC2=O)OC2=C1C(=O)CC(C)(C)C2. The molecule has 3 aliphatic rings.